The highest BCUT2D eigenvalue weighted by molar-refractivity contribution is 8.01. The molecule has 3 aromatic heterocycles. The van der Waals surface area contributed by atoms with Crippen LogP contribution in [0, 0.1) is 0 Å². The number of carbonyl (C=O) groups is 2. The van der Waals surface area contributed by atoms with Crippen LogP contribution >= 0.6 is 34.4 Å². The number of carbonyl (C=O) groups excluding carboxylic acids is 2. The van der Waals surface area contributed by atoms with Crippen LogP contribution in [0.25, 0.3) is 10.2 Å². The summed E-state index contributed by atoms with van der Waals surface area (Å²) in [5, 5.41) is 14.1. The van der Waals surface area contributed by atoms with Crippen molar-refractivity contribution in [2.24, 2.45) is 0 Å². The molecule has 0 aliphatic carbocycles. The number of hydrogen-bond acceptors (Lipinski definition) is 9. The van der Waals surface area contributed by atoms with Gasteiger partial charge in [-0.25, -0.2) is 4.98 Å². The summed E-state index contributed by atoms with van der Waals surface area (Å²) in [6.45, 7) is 0.339. The predicted octanol–water partition coefficient (Wildman–Crippen LogP) is 3.40. The maximum atomic E-state index is 12.4. The van der Waals surface area contributed by atoms with E-state index in [-0.39, 0.29) is 17.6 Å². The molecular weight excluding hydrogens is 418 g/mol. The molecule has 0 aliphatic heterocycles. The van der Waals surface area contributed by atoms with Crippen LogP contribution in [0.5, 0.6) is 0 Å². The summed E-state index contributed by atoms with van der Waals surface area (Å²) >= 11 is 3.78. The lowest BCUT2D eigenvalue weighted by Gasteiger charge is -2.01. The molecule has 142 valence electrons. The summed E-state index contributed by atoms with van der Waals surface area (Å²) in [4.78, 5) is 28.5. The van der Waals surface area contributed by atoms with E-state index in [9.17, 15) is 9.59 Å². The van der Waals surface area contributed by atoms with Crippen molar-refractivity contribution in [3.8, 4) is 0 Å². The van der Waals surface area contributed by atoms with Crippen LogP contribution in [-0.4, -0.2) is 32.7 Å². The number of hydrogen-bond donors (Lipinski definition) is 2. The van der Waals surface area contributed by atoms with Crippen LogP contribution in [0.4, 0.5) is 5.13 Å². The Balaban J connectivity index is 1.29. The molecule has 2 amide bonds. The van der Waals surface area contributed by atoms with Crippen LogP contribution in [0.2, 0.25) is 0 Å². The second kappa shape index (κ2) is 8.50. The van der Waals surface area contributed by atoms with Crippen molar-refractivity contribution >= 4 is 61.6 Å². The molecule has 0 bridgehead atoms. The van der Waals surface area contributed by atoms with Gasteiger partial charge in [-0.3, -0.25) is 14.9 Å². The van der Waals surface area contributed by atoms with Gasteiger partial charge in [-0.1, -0.05) is 35.2 Å². The number of thioether (sulfide) groups is 1. The first-order chi connectivity index (χ1) is 13.7. The summed E-state index contributed by atoms with van der Waals surface area (Å²) in [6, 6.07) is 11.1. The van der Waals surface area contributed by atoms with Gasteiger partial charge in [0.25, 0.3) is 5.91 Å². The zero-order chi connectivity index (χ0) is 19.3. The molecule has 0 fully saturated rings. The molecule has 0 aliphatic rings. The Kier molecular flexibility index (Phi) is 5.65. The van der Waals surface area contributed by atoms with Gasteiger partial charge in [-0.2, -0.15) is 0 Å². The first-order valence-corrected chi connectivity index (χ1v) is 10.7. The molecule has 0 saturated heterocycles. The van der Waals surface area contributed by atoms with Gasteiger partial charge in [0.2, 0.25) is 11.0 Å². The summed E-state index contributed by atoms with van der Waals surface area (Å²) in [5.74, 6) is 0.414. The fourth-order valence-corrected chi connectivity index (χ4v) is 4.65. The first-order valence-electron chi connectivity index (χ1n) is 8.10. The minimum atomic E-state index is -0.329. The van der Waals surface area contributed by atoms with E-state index in [0.29, 0.717) is 26.8 Å². The highest BCUT2D eigenvalue weighted by Crippen LogP contribution is 2.27. The third kappa shape index (κ3) is 4.55. The smallest absolute Gasteiger partial charge is 0.286 e. The number of rotatable bonds is 7. The van der Waals surface area contributed by atoms with Crippen LogP contribution in [0.3, 0.4) is 0 Å². The van der Waals surface area contributed by atoms with E-state index in [0.717, 1.165) is 10.2 Å². The predicted molar refractivity (Wildman–Crippen MR) is 109 cm³/mol. The largest absolute Gasteiger partial charge is 0.467 e. The van der Waals surface area contributed by atoms with E-state index in [1.54, 1.807) is 18.4 Å². The quantitative estimate of drug-likeness (QED) is 0.341. The molecular formula is C17H13N5O3S3. The third-order valence-corrected chi connectivity index (χ3v) is 6.49. The van der Waals surface area contributed by atoms with Crippen LogP contribution < -0.4 is 10.6 Å². The maximum Gasteiger partial charge on any atom is 0.286 e. The van der Waals surface area contributed by atoms with E-state index in [1.165, 1.54) is 34.4 Å². The Labute approximate surface area is 171 Å². The summed E-state index contributed by atoms with van der Waals surface area (Å²) in [5.41, 5.74) is 0.784. The number of benzene rings is 1. The van der Waals surface area contributed by atoms with E-state index in [2.05, 4.69) is 25.8 Å². The molecule has 0 spiro atoms. The average Bonchev–Trinajstić information content (AvgIpc) is 3.44. The molecule has 28 heavy (non-hydrogen) atoms. The van der Waals surface area contributed by atoms with Crippen LogP contribution in [-0.2, 0) is 11.3 Å². The van der Waals surface area contributed by atoms with Gasteiger partial charge >= 0.3 is 0 Å². The number of furan rings is 1. The Morgan fingerprint density at radius 3 is 2.82 bits per heavy atom. The van der Waals surface area contributed by atoms with Gasteiger partial charge in [-0.15, -0.1) is 21.5 Å². The zero-order valence-electron chi connectivity index (χ0n) is 14.2. The molecule has 8 nitrogen and oxygen atoms in total. The fourth-order valence-electron chi connectivity index (χ4n) is 2.22. The third-order valence-electron chi connectivity index (χ3n) is 3.48. The van der Waals surface area contributed by atoms with Crippen molar-refractivity contribution in [2.75, 3.05) is 11.1 Å². The number of anilines is 1. The molecule has 4 rings (SSSR count). The van der Waals surface area contributed by atoms with Gasteiger partial charge in [0.15, 0.2) is 9.35 Å². The Hall–Kier alpha value is -2.76. The molecule has 0 atom stereocenters. The van der Waals surface area contributed by atoms with Gasteiger partial charge in [0, 0.05) is 0 Å². The molecule has 0 unspecified atom stereocenters. The lowest BCUT2D eigenvalue weighted by molar-refractivity contribution is -0.118. The van der Waals surface area contributed by atoms with E-state index in [4.69, 9.17) is 4.42 Å². The van der Waals surface area contributed by atoms with Gasteiger partial charge in [0.1, 0.15) is 5.76 Å². The average molecular weight is 432 g/mol. The second-order valence-electron chi connectivity index (χ2n) is 5.46. The number of amides is 2. The molecule has 2 N–H and O–H groups in total. The summed E-state index contributed by atoms with van der Waals surface area (Å²) in [6.07, 6.45) is 1.56. The van der Waals surface area contributed by atoms with Crippen molar-refractivity contribution in [3.63, 3.8) is 0 Å². The lowest BCUT2D eigenvalue weighted by Crippen LogP contribution is -2.24. The van der Waals surface area contributed by atoms with E-state index < -0.39 is 0 Å². The molecule has 3 heterocycles. The number of nitrogens with one attached hydrogen (secondary N) is 2. The lowest BCUT2D eigenvalue weighted by atomic mass is 10.3. The number of nitrogens with zero attached hydrogens (tertiary/aromatic N) is 3. The summed E-state index contributed by atoms with van der Waals surface area (Å²) < 4.78 is 6.69. The number of para-hydroxylation sites is 1. The molecule has 0 radical (unpaired) electrons. The number of aromatic nitrogens is 3. The van der Waals surface area contributed by atoms with E-state index >= 15 is 0 Å². The first kappa shape index (κ1) is 18.6. The van der Waals surface area contributed by atoms with Crippen molar-refractivity contribution in [3.05, 3.63) is 53.4 Å². The number of thiazole rings is 1. The van der Waals surface area contributed by atoms with Crippen molar-refractivity contribution in [2.45, 2.75) is 10.9 Å². The SMILES string of the molecule is O=C(CSc1nnc(NC(=O)c2nc3ccccc3s2)s1)NCc1ccco1. The van der Waals surface area contributed by atoms with Crippen LogP contribution in [0.1, 0.15) is 15.6 Å². The fraction of sp³-hybridized carbons (Fsp3) is 0.118. The standard InChI is InChI=1S/C17H13N5O3S3/c23-13(18-8-10-4-3-7-25-10)9-26-17-22-21-16(28-17)20-14(24)15-19-11-5-1-2-6-12(11)27-15/h1-7H,8-9H2,(H,18,23)(H,20,21,24). The molecule has 4 aromatic rings. The zero-order valence-corrected chi connectivity index (χ0v) is 16.7. The molecule has 0 saturated carbocycles. The van der Waals surface area contributed by atoms with E-state index in [1.807, 2.05) is 24.3 Å². The highest BCUT2D eigenvalue weighted by Gasteiger charge is 2.15. The summed E-state index contributed by atoms with van der Waals surface area (Å²) in [7, 11) is 0. The molecule has 1 aromatic carbocycles. The minimum absolute atomic E-state index is 0.142. The van der Waals surface area contributed by atoms with Gasteiger partial charge in [-0.05, 0) is 24.3 Å². The Bertz CT molecular complexity index is 1070. The Morgan fingerprint density at radius 1 is 1.11 bits per heavy atom. The minimum Gasteiger partial charge on any atom is -0.467 e. The second-order valence-corrected chi connectivity index (χ2v) is 8.69. The van der Waals surface area contributed by atoms with Crippen molar-refractivity contribution < 1.29 is 14.0 Å². The monoisotopic (exact) mass is 431 g/mol. The maximum absolute atomic E-state index is 12.4. The van der Waals surface area contributed by atoms with Crippen molar-refractivity contribution in [1.82, 2.24) is 20.5 Å². The topological polar surface area (TPSA) is 110 Å². The normalized spacial score (nSPS) is 10.9. The van der Waals surface area contributed by atoms with Gasteiger partial charge < -0.3 is 9.73 Å². The van der Waals surface area contributed by atoms with Gasteiger partial charge in [0.05, 0.1) is 28.8 Å². The van der Waals surface area contributed by atoms with Crippen molar-refractivity contribution in [1.29, 1.82) is 0 Å². The molecule has 11 heteroatoms. The Morgan fingerprint density at radius 2 is 2.00 bits per heavy atom. The number of fused-ring (bicyclic) bond motifs is 1. The highest BCUT2D eigenvalue weighted by atomic mass is 32.2. The van der Waals surface area contributed by atoms with Crippen LogP contribution in [0.15, 0.2) is 51.4 Å².